The number of hydrogen-bond acceptors (Lipinski definition) is 11. The first-order valence-corrected chi connectivity index (χ1v) is 10.4. The molecule has 3 heterocycles. The molecule has 1 aliphatic rings. The van der Waals surface area contributed by atoms with E-state index in [1.165, 1.54) is 31.7 Å². The molecule has 0 radical (unpaired) electrons. The van der Waals surface area contributed by atoms with Crippen LogP contribution in [0.1, 0.15) is 40.8 Å². The number of imidazole rings is 1. The van der Waals surface area contributed by atoms with E-state index in [1.807, 2.05) is 13.8 Å². The number of carbonyl (C=O) groups excluding carboxylic acids is 3. The van der Waals surface area contributed by atoms with Crippen LogP contribution in [0.2, 0.25) is 0 Å². The summed E-state index contributed by atoms with van der Waals surface area (Å²) in [5, 5.41) is 3.04. The van der Waals surface area contributed by atoms with Gasteiger partial charge in [0.05, 0.1) is 6.33 Å². The number of aromatic amines is 1. The molecule has 180 valence electrons. The van der Waals surface area contributed by atoms with Gasteiger partial charge in [0, 0.05) is 27.3 Å². The quantitative estimate of drug-likeness (QED) is 0.412. The molecule has 3 rings (SSSR count). The van der Waals surface area contributed by atoms with Crippen LogP contribution < -0.4 is 10.9 Å². The first kappa shape index (κ1) is 24.2. The normalized spacial score (nSPS) is 22.4. The molecule has 2 aromatic rings. The Morgan fingerprint density at radius 3 is 2.42 bits per heavy atom. The van der Waals surface area contributed by atoms with Crippen LogP contribution in [0.25, 0.3) is 11.2 Å². The molecule has 4 atom stereocenters. The van der Waals surface area contributed by atoms with E-state index in [4.69, 9.17) is 18.9 Å². The lowest BCUT2D eigenvalue weighted by molar-refractivity contribution is -0.166. The number of rotatable bonds is 8. The Labute approximate surface area is 188 Å². The van der Waals surface area contributed by atoms with E-state index in [1.54, 1.807) is 0 Å². The van der Waals surface area contributed by atoms with Crippen molar-refractivity contribution in [1.82, 2.24) is 19.5 Å². The summed E-state index contributed by atoms with van der Waals surface area (Å²) in [4.78, 5) is 58.6. The molecule has 0 bridgehead atoms. The average molecular weight is 465 g/mol. The summed E-state index contributed by atoms with van der Waals surface area (Å²) in [5.74, 6) is -1.31. The fraction of sp³-hybridized carbons (Fsp3) is 0.600. The molecular weight excluding hydrogens is 438 g/mol. The first-order valence-electron chi connectivity index (χ1n) is 10.4. The Balaban J connectivity index is 2.03. The third-order valence-electron chi connectivity index (χ3n) is 4.72. The van der Waals surface area contributed by atoms with E-state index in [2.05, 4.69) is 20.3 Å². The van der Waals surface area contributed by atoms with Crippen molar-refractivity contribution >= 4 is 35.0 Å². The third kappa shape index (κ3) is 5.66. The van der Waals surface area contributed by atoms with Crippen molar-refractivity contribution in [2.75, 3.05) is 18.5 Å². The number of carbonyl (C=O) groups is 3. The highest BCUT2D eigenvalue weighted by Gasteiger charge is 2.51. The summed E-state index contributed by atoms with van der Waals surface area (Å²) in [7, 11) is 0. The largest absolute Gasteiger partial charge is 0.463 e. The van der Waals surface area contributed by atoms with Gasteiger partial charge in [0.15, 0.2) is 29.6 Å². The zero-order valence-corrected chi connectivity index (χ0v) is 19.0. The maximum atomic E-state index is 12.5. The van der Waals surface area contributed by atoms with E-state index >= 15 is 0 Å². The molecule has 2 aromatic heterocycles. The molecule has 0 aliphatic carbocycles. The van der Waals surface area contributed by atoms with Gasteiger partial charge in [-0.15, -0.1) is 0 Å². The Morgan fingerprint density at radius 1 is 1.15 bits per heavy atom. The highest BCUT2D eigenvalue weighted by molar-refractivity contribution is 5.71. The SMILES string of the molecule is CC(=O)OC[C@H]1O[C@H](n2cnc3c(=O)[nH]c(NCC(C)C)nc32)[C@@H](OC(C)=O)[C@@H]1OC(C)=O. The standard InChI is InChI=1S/C20H27N5O8/c1-9(2)6-21-20-23-17-14(18(29)24-20)22-8-25(17)19-16(32-12(5)28)15(31-11(4)27)13(33-19)7-30-10(3)26/h8-9,13,15-16,19H,6-7H2,1-5H3,(H2,21,23,24,29)/t13-,15-,16+,19+/m1/s1. The second-order valence-electron chi connectivity index (χ2n) is 8.03. The summed E-state index contributed by atoms with van der Waals surface area (Å²) in [5.41, 5.74) is -0.260. The van der Waals surface area contributed by atoms with Crippen molar-refractivity contribution in [3.63, 3.8) is 0 Å². The lowest BCUT2D eigenvalue weighted by Crippen LogP contribution is -2.40. The first-order chi connectivity index (χ1) is 15.6. The molecule has 0 saturated carbocycles. The second-order valence-corrected chi connectivity index (χ2v) is 8.03. The molecule has 0 unspecified atom stereocenters. The van der Waals surface area contributed by atoms with E-state index in [-0.39, 0.29) is 23.7 Å². The predicted molar refractivity (Wildman–Crippen MR) is 113 cm³/mol. The Kier molecular flexibility index (Phi) is 7.31. The van der Waals surface area contributed by atoms with Gasteiger partial charge >= 0.3 is 17.9 Å². The van der Waals surface area contributed by atoms with Crippen LogP contribution in [0.5, 0.6) is 0 Å². The zero-order valence-electron chi connectivity index (χ0n) is 19.0. The van der Waals surface area contributed by atoms with E-state index in [0.29, 0.717) is 12.5 Å². The van der Waals surface area contributed by atoms with E-state index < -0.39 is 48.0 Å². The van der Waals surface area contributed by atoms with Crippen LogP contribution in [0.15, 0.2) is 11.1 Å². The van der Waals surface area contributed by atoms with Gasteiger partial charge in [-0.1, -0.05) is 13.8 Å². The highest BCUT2D eigenvalue weighted by atomic mass is 16.7. The van der Waals surface area contributed by atoms with Crippen LogP contribution in [-0.4, -0.2) is 68.9 Å². The number of nitrogens with zero attached hydrogens (tertiary/aromatic N) is 3. The van der Waals surface area contributed by atoms with Crippen molar-refractivity contribution in [3.05, 3.63) is 16.7 Å². The number of hydrogen-bond donors (Lipinski definition) is 2. The fourth-order valence-electron chi connectivity index (χ4n) is 3.41. The molecule has 1 aliphatic heterocycles. The predicted octanol–water partition coefficient (Wildman–Crippen LogP) is 0.511. The second kappa shape index (κ2) is 9.98. The number of aromatic nitrogens is 4. The summed E-state index contributed by atoms with van der Waals surface area (Å²) in [6.07, 6.45) is -2.87. The van der Waals surface area contributed by atoms with Crippen molar-refractivity contribution in [2.45, 2.75) is 59.2 Å². The molecule has 0 amide bonds. The number of H-pyrrole nitrogens is 1. The number of nitrogens with one attached hydrogen (secondary N) is 2. The minimum Gasteiger partial charge on any atom is -0.463 e. The Morgan fingerprint density at radius 2 is 1.82 bits per heavy atom. The van der Waals surface area contributed by atoms with Gasteiger partial charge < -0.3 is 24.3 Å². The van der Waals surface area contributed by atoms with Gasteiger partial charge in [0.2, 0.25) is 5.95 Å². The number of anilines is 1. The van der Waals surface area contributed by atoms with Crippen molar-refractivity contribution in [2.24, 2.45) is 5.92 Å². The van der Waals surface area contributed by atoms with Gasteiger partial charge in [0.25, 0.3) is 5.56 Å². The van der Waals surface area contributed by atoms with Gasteiger partial charge in [-0.2, -0.15) is 4.98 Å². The molecule has 2 N–H and O–H groups in total. The molecule has 0 aromatic carbocycles. The average Bonchev–Trinajstić information content (AvgIpc) is 3.26. The van der Waals surface area contributed by atoms with Crippen molar-refractivity contribution in [1.29, 1.82) is 0 Å². The topological polar surface area (TPSA) is 164 Å². The molecule has 1 saturated heterocycles. The van der Waals surface area contributed by atoms with Gasteiger partial charge in [-0.05, 0) is 5.92 Å². The number of ether oxygens (including phenoxy) is 4. The lowest BCUT2D eigenvalue weighted by Gasteiger charge is -2.23. The summed E-state index contributed by atoms with van der Waals surface area (Å²) < 4.78 is 23.2. The van der Waals surface area contributed by atoms with Crippen LogP contribution in [-0.2, 0) is 33.3 Å². The van der Waals surface area contributed by atoms with Gasteiger partial charge in [-0.3, -0.25) is 28.7 Å². The highest BCUT2D eigenvalue weighted by Crippen LogP contribution is 2.35. The van der Waals surface area contributed by atoms with Gasteiger partial charge in [0.1, 0.15) is 12.7 Å². The molecule has 33 heavy (non-hydrogen) atoms. The third-order valence-corrected chi connectivity index (χ3v) is 4.72. The van der Waals surface area contributed by atoms with Crippen LogP contribution in [0.4, 0.5) is 5.95 Å². The van der Waals surface area contributed by atoms with Crippen LogP contribution >= 0.6 is 0 Å². The molecule has 1 fully saturated rings. The Bertz CT molecular complexity index is 1090. The lowest BCUT2D eigenvalue weighted by atomic mass is 10.1. The summed E-state index contributed by atoms with van der Waals surface area (Å²) in [6, 6.07) is 0. The zero-order chi connectivity index (χ0) is 24.3. The van der Waals surface area contributed by atoms with Gasteiger partial charge in [-0.25, -0.2) is 4.98 Å². The summed E-state index contributed by atoms with van der Waals surface area (Å²) >= 11 is 0. The minimum atomic E-state index is -1.11. The molecule has 13 heteroatoms. The van der Waals surface area contributed by atoms with Crippen molar-refractivity contribution in [3.8, 4) is 0 Å². The van der Waals surface area contributed by atoms with Crippen molar-refractivity contribution < 1.29 is 33.3 Å². The van der Waals surface area contributed by atoms with Crippen LogP contribution in [0.3, 0.4) is 0 Å². The smallest absolute Gasteiger partial charge is 0.303 e. The maximum Gasteiger partial charge on any atom is 0.303 e. The molecule has 0 spiro atoms. The summed E-state index contributed by atoms with van der Waals surface area (Å²) in [6.45, 7) is 7.94. The monoisotopic (exact) mass is 465 g/mol. The number of esters is 3. The molecule has 13 nitrogen and oxygen atoms in total. The maximum absolute atomic E-state index is 12.5. The minimum absolute atomic E-state index is 0.0442. The van der Waals surface area contributed by atoms with E-state index in [9.17, 15) is 19.2 Å². The Hall–Kier alpha value is -3.48. The number of fused-ring (bicyclic) bond motifs is 1. The molecular formula is C20H27N5O8. The van der Waals surface area contributed by atoms with E-state index in [0.717, 1.165) is 0 Å². The van der Waals surface area contributed by atoms with Crippen LogP contribution in [0, 0.1) is 5.92 Å². The fourth-order valence-corrected chi connectivity index (χ4v) is 3.41.